The Balaban J connectivity index is 1.57. The molecule has 0 radical (unpaired) electrons. The largest absolute Gasteiger partial charge is 0.329 e. The van der Waals surface area contributed by atoms with Crippen LogP contribution in [0.2, 0.25) is 5.02 Å². The van der Waals surface area contributed by atoms with E-state index in [0.29, 0.717) is 46.1 Å². The average molecular weight is 434 g/mol. The van der Waals surface area contributed by atoms with Crippen molar-refractivity contribution >= 4 is 22.6 Å². The van der Waals surface area contributed by atoms with E-state index in [9.17, 15) is 4.39 Å². The summed E-state index contributed by atoms with van der Waals surface area (Å²) in [4.78, 5) is 9.28. The van der Waals surface area contributed by atoms with Gasteiger partial charge in [0.2, 0.25) is 0 Å². The van der Waals surface area contributed by atoms with Gasteiger partial charge >= 0.3 is 0 Å². The lowest BCUT2D eigenvalue weighted by Crippen LogP contribution is -2.09. The molecule has 154 valence electrons. The Morgan fingerprint density at radius 2 is 1.94 bits per heavy atom. The van der Waals surface area contributed by atoms with Crippen molar-refractivity contribution in [3.8, 4) is 33.6 Å². The zero-order chi connectivity index (χ0) is 21.4. The van der Waals surface area contributed by atoms with Gasteiger partial charge in [-0.2, -0.15) is 10.2 Å². The summed E-state index contributed by atoms with van der Waals surface area (Å²) >= 11 is 6.07. The van der Waals surface area contributed by atoms with Gasteiger partial charge in [0.15, 0.2) is 0 Å². The molecular formula is C22H17ClFN7. The number of benzene rings is 1. The molecule has 5 rings (SSSR count). The Labute approximate surface area is 181 Å². The number of aromatic nitrogens is 6. The van der Waals surface area contributed by atoms with Crippen LogP contribution in [0.3, 0.4) is 0 Å². The van der Waals surface area contributed by atoms with Gasteiger partial charge in [-0.05, 0) is 36.4 Å². The van der Waals surface area contributed by atoms with Gasteiger partial charge in [0.05, 0.1) is 29.5 Å². The summed E-state index contributed by atoms with van der Waals surface area (Å²) in [5.41, 5.74) is 11.0. The number of H-pyrrole nitrogens is 1. The van der Waals surface area contributed by atoms with Crippen molar-refractivity contribution in [2.45, 2.75) is 6.54 Å². The summed E-state index contributed by atoms with van der Waals surface area (Å²) in [7, 11) is 0. The number of nitrogens with one attached hydrogen (secondary N) is 1. The Hall–Kier alpha value is -3.62. The first-order valence-electron chi connectivity index (χ1n) is 9.61. The van der Waals surface area contributed by atoms with Crippen molar-refractivity contribution in [3.05, 3.63) is 72.0 Å². The number of nitrogens with two attached hydrogens (primary N) is 1. The zero-order valence-corrected chi connectivity index (χ0v) is 17.0. The number of rotatable bonds is 5. The van der Waals surface area contributed by atoms with Gasteiger partial charge in [0.25, 0.3) is 0 Å². The third-order valence-electron chi connectivity index (χ3n) is 4.96. The van der Waals surface area contributed by atoms with Gasteiger partial charge in [-0.3, -0.25) is 14.8 Å². The van der Waals surface area contributed by atoms with E-state index >= 15 is 0 Å². The van der Waals surface area contributed by atoms with Crippen molar-refractivity contribution in [1.82, 2.24) is 29.9 Å². The van der Waals surface area contributed by atoms with Crippen LogP contribution >= 0.6 is 11.6 Å². The van der Waals surface area contributed by atoms with E-state index in [-0.39, 0.29) is 0 Å². The van der Waals surface area contributed by atoms with Gasteiger partial charge in [-0.1, -0.05) is 11.6 Å². The highest BCUT2D eigenvalue weighted by Gasteiger charge is 2.16. The molecular weight excluding hydrogens is 417 g/mol. The highest BCUT2D eigenvalue weighted by molar-refractivity contribution is 6.30. The first-order valence-corrected chi connectivity index (χ1v) is 9.99. The van der Waals surface area contributed by atoms with Crippen LogP contribution < -0.4 is 5.73 Å². The van der Waals surface area contributed by atoms with E-state index < -0.39 is 5.82 Å². The Bertz CT molecular complexity index is 1390. The summed E-state index contributed by atoms with van der Waals surface area (Å²) < 4.78 is 16.2. The van der Waals surface area contributed by atoms with Crippen LogP contribution in [0.5, 0.6) is 0 Å². The van der Waals surface area contributed by atoms with E-state index in [2.05, 4.69) is 20.3 Å². The fraction of sp³-hybridized carbons (Fsp3) is 0.0909. The monoisotopic (exact) mass is 433 g/mol. The Morgan fingerprint density at radius 1 is 1.03 bits per heavy atom. The van der Waals surface area contributed by atoms with Crippen LogP contribution in [-0.2, 0) is 6.54 Å². The molecule has 0 aliphatic rings. The van der Waals surface area contributed by atoms with Gasteiger partial charge < -0.3 is 5.73 Å². The topological polar surface area (TPSA) is 98.3 Å². The third kappa shape index (κ3) is 3.67. The molecule has 0 aliphatic heterocycles. The van der Waals surface area contributed by atoms with Crippen LogP contribution in [0.4, 0.5) is 4.39 Å². The van der Waals surface area contributed by atoms with E-state index in [1.165, 1.54) is 12.1 Å². The highest BCUT2D eigenvalue weighted by atomic mass is 35.5. The minimum atomic E-state index is -0.406. The summed E-state index contributed by atoms with van der Waals surface area (Å²) in [6, 6.07) is 10.1. The van der Waals surface area contributed by atoms with Crippen LogP contribution in [0, 0.1) is 5.82 Å². The smallest absolute Gasteiger partial charge is 0.132 e. The summed E-state index contributed by atoms with van der Waals surface area (Å²) in [6.45, 7) is 1.16. The fourth-order valence-electron chi connectivity index (χ4n) is 3.45. The molecule has 3 N–H and O–H groups in total. The second kappa shape index (κ2) is 7.90. The predicted molar refractivity (Wildman–Crippen MR) is 118 cm³/mol. The predicted octanol–water partition coefficient (Wildman–Crippen LogP) is 4.30. The molecule has 7 nitrogen and oxygen atoms in total. The van der Waals surface area contributed by atoms with Crippen molar-refractivity contribution in [2.75, 3.05) is 6.54 Å². The lowest BCUT2D eigenvalue weighted by Gasteiger charge is -2.06. The molecule has 0 spiro atoms. The number of pyridine rings is 2. The maximum Gasteiger partial charge on any atom is 0.132 e. The van der Waals surface area contributed by atoms with E-state index in [1.807, 2.05) is 24.4 Å². The number of hydrogen-bond donors (Lipinski definition) is 2. The number of fused-ring (bicyclic) bond motifs is 1. The van der Waals surface area contributed by atoms with Crippen LogP contribution in [0.15, 0.2) is 61.2 Å². The molecule has 0 aliphatic carbocycles. The number of aromatic amines is 1. The molecule has 0 saturated carbocycles. The molecule has 1 aromatic carbocycles. The van der Waals surface area contributed by atoms with Crippen molar-refractivity contribution in [3.63, 3.8) is 0 Å². The summed E-state index contributed by atoms with van der Waals surface area (Å²) in [5, 5.41) is 11.8. The lowest BCUT2D eigenvalue weighted by molar-refractivity contribution is 0.625. The number of nitrogens with zero attached hydrogens (tertiary/aromatic N) is 5. The van der Waals surface area contributed by atoms with E-state index in [1.54, 1.807) is 29.3 Å². The lowest BCUT2D eigenvalue weighted by atomic mass is 10.0. The highest BCUT2D eigenvalue weighted by Crippen LogP contribution is 2.33. The minimum absolute atomic E-state index is 0.310. The second-order valence-electron chi connectivity index (χ2n) is 7.01. The zero-order valence-electron chi connectivity index (χ0n) is 16.3. The van der Waals surface area contributed by atoms with Gasteiger partial charge in [-0.25, -0.2) is 9.37 Å². The molecule has 0 amide bonds. The summed E-state index contributed by atoms with van der Waals surface area (Å²) in [6.07, 6.45) is 7.18. The maximum atomic E-state index is 14.4. The Kier molecular flexibility index (Phi) is 4.93. The van der Waals surface area contributed by atoms with E-state index in [4.69, 9.17) is 22.3 Å². The van der Waals surface area contributed by atoms with Crippen LogP contribution in [0.1, 0.15) is 0 Å². The van der Waals surface area contributed by atoms with Crippen molar-refractivity contribution in [1.29, 1.82) is 0 Å². The number of hydrogen-bond acceptors (Lipinski definition) is 5. The first-order chi connectivity index (χ1) is 15.1. The molecule has 0 fully saturated rings. The standard InChI is InChI=1S/C22H17ClFN7/c23-15-1-2-18(24)16(8-15)22-17(11-27-30-22)19-3-4-20-21(29-19)7-13(9-26-20)14-10-28-31(12-14)6-5-25/h1-4,7-12H,5-6,25H2,(H,27,30). The molecule has 9 heteroatoms. The molecule has 5 aromatic rings. The molecule has 31 heavy (non-hydrogen) atoms. The molecule has 0 atom stereocenters. The van der Waals surface area contributed by atoms with Crippen LogP contribution in [-0.4, -0.2) is 36.5 Å². The SMILES string of the molecule is NCCn1cc(-c2cnc3ccc(-c4c[nH]nc4-c4cc(Cl)ccc4F)nc3c2)cn1. The molecule has 4 aromatic heterocycles. The maximum absolute atomic E-state index is 14.4. The second-order valence-corrected chi connectivity index (χ2v) is 7.45. The molecule has 0 unspecified atom stereocenters. The summed E-state index contributed by atoms with van der Waals surface area (Å²) in [5.74, 6) is -0.406. The molecule has 4 heterocycles. The number of halogens is 2. The van der Waals surface area contributed by atoms with Gasteiger partial charge in [0.1, 0.15) is 11.5 Å². The van der Waals surface area contributed by atoms with Gasteiger partial charge in [-0.15, -0.1) is 0 Å². The van der Waals surface area contributed by atoms with Crippen LogP contribution in [0.25, 0.3) is 44.7 Å². The fourth-order valence-corrected chi connectivity index (χ4v) is 3.62. The first kappa shape index (κ1) is 19.3. The minimum Gasteiger partial charge on any atom is -0.329 e. The molecule has 0 bridgehead atoms. The normalized spacial score (nSPS) is 11.3. The van der Waals surface area contributed by atoms with Crippen molar-refractivity contribution in [2.24, 2.45) is 5.73 Å². The Morgan fingerprint density at radius 3 is 2.81 bits per heavy atom. The van der Waals surface area contributed by atoms with Crippen molar-refractivity contribution < 1.29 is 4.39 Å². The van der Waals surface area contributed by atoms with E-state index in [0.717, 1.165) is 16.6 Å². The third-order valence-corrected chi connectivity index (χ3v) is 5.20. The molecule has 0 saturated heterocycles. The average Bonchev–Trinajstić information content (AvgIpc) is 3.45. The quantitative estimate of drug-likeness (QED) is 0.430. The van der Waals surface area contributed by atoms with Gasteiger partial charge in [0, 0.05) is 52.4 Å².